The Hall–Kier alpha value is -3.33. The summed E-state index contributed by atoms with van der Waals surface area (Å²) in [4.78, 5) is 43.5. The van der Waals surface area contributed by atoms with E-state index in [9.17, 15) is 14.4 Å². The number of carbonyl (C=O) groups excluding carboxylic acids is 3. The van der Waals surface area contributed by atoms with Gasteiger partial charge in [0.05, 0.1) is 25.0 Å². The number of methoxy groups -OCH3 is 1. The van der Waals surface area contributed by atoms with Gasteiger partial charge in [-0.05, 0) is 61.9 Å². The number of amidine groups is 1. The van der Waals surface area contributed by atoms with Crippen LogP contribution in [0.15, 0.2) is 53.5 Å². The van der Waals surface area contributed by atoms with Gasteiger partial charge < -0.3 is 14.8 Å². The van der Waals surface area contributed by atoms with Gasteiger partial charge in [-0.3, -0.25) is 14.5 Å². The predicted molar refractivity (Wildman–Crippen MR) is 143 cm³/mol. The minimum Gasteiger partial charge on any atom is -0.494 e. The Morgan fingerprint density at radius 3 is 2.42 bits per heavy atom. The van der Waals surface area contributed by atoms with Crippen LogP contribution in [0.25, 0.3) is 0 Å². The van der Waals surface area contributed by atoms with E-state index in [1.807, 2.05) is 19.1 Å². The molecule has 3 rings (SSSR count). The third-order valence-electron chi connectivity index (χ3n) is 5.65. The fourth-order valence-electron chi connectivity index (χ4n) is 3.63. The standard InChI is InChI=1S/C27H33N3O5S/c1-4-6-7-8-17-35-22-15-13-20(14-16-22)28-25(32)23-18-24(31)30(5-2)27(36-23)29-21-11-9-19(10-12-21)26(33)34-3/h9-16,23H,4-8,17-18H2,1-3H3,(H,28,32)/t23-/m0/s1. The van der Waals surface area contributed by atoms with Crippen LogP contribution in [0.1, 0.15) is 56.3 Å². The van der Waals surface area contributed by atoms with E-state index in [0.717, 1.165) is 18.6 Å². The summed E-state index contributed by atoms with van der Waals surface area (Å²) in [5.41, 5.74) is 1.62. The molecule has 0 bridgehead atoms. The molecule has 2 aromatic carbocycles. The molecule has 1 N–H and O–H groups in total. The Kier molecular flexibility index (Phi) is 10.4. The molecular weight excluding hydrogens is 478 g/mol. The minimum atomic E-state index is -0.608. The number of nitrogens with one attached hydrogen (secondary N) is 1. The molecule has 2 aromatic rings. The van der Waals surface area contributed by atoms with E-state index in [2.05, 4.69) is 17.2 Å². The van der Waals surface area contributed by atoms with Gasteiger partial charge in [0.1, 0.15) is 11.0 Å². The highest BCUT2D eigenvalue weighted by Gasteiger charge is 2.35. The number of ether oxygens (including phenoxy) is 2. The van der Waals surface area contributed by atoms with E-state index in [-0.39, 0.29) is 18.2 Å². The number of esters is 1. The second kappa shape index (κ2) is 13.7. The Bertz CT molecular complexity index is 1070. The first-order valence-corrected chi connectivity index (χ1v) is 13.1. The van der Waals surface area contributed by atoms with Gasteiger partial charge in [-0.15, -0.1) is 0 Å². The van der Waals surface area contributed by atoms with Gasteiger partial charge in [0.25, 0.3) is 0 Å². The van der Waals surface area contributed by atoms with Gasteiger partial charge in [-0.1, -0.05) is 37.9 Å². The monoisotopic (exact) mass is 511 g/mol. The Morgan fingerprint density at radius 2 is 1.78 bits per heavy atom. The van der Waals surface area contributed by atoms with Crippen molar-refractivity contribution in [1.29, 1.82) is 0 Å². The Balaban J connectivity index is 1.63. The normalized spacial score (nSPS) is 16.6. The first kappa shape index (κ1) is 27.3. The van der Waals surface area contributed by atoms with Crippen molar-refractivity contribution in [3.05, 3.63) is 54.1 Å². The number of nitrogens with zero attached hydrogens (tertiary/aromatic N) is 2. The summed E-state index contributed by atoms with van der Waals surface area (Å²) in [5, 5.41) is 2.74. The summed E-state index contributed by atoms with van der Waals surface area (Å²) in [6, 6.07) is 13.8. The summed E-state index contributed by atoms with van der Waals surface area (Å²) >= 11 is 1.25. The van der Waals surface area contributed by atoms with Crippen LogP contribution in [-0.2, 0) is 14.3 Å². The highest BCUT2D eigenvalue weighted by molar-refractivity contribution is 8.15. The SMILES string of the molecule is CCCCCCOc1ccc(NC(=O)[C@@H]2CC(=O)N(CC)C(=Nc3ccc(C(=O)OC)cc3)S2)cc1. The molecule has 9 heteroatoms. The van der Waals surface area contributed by atoms with Crippen LogP contribution in [0.2, 0.25) is 0 Å². The molecule has 0 saturated carbocycles. The zero-order valence-electron chi connectivity index (χ0n) is 21.0. The summed E-state index contributed by atoms with van der Waals surface area (Å²) in [6.45, 7) is 5.16. The highest BCUT2D eigenvalue weighted by atomic mass is 32.2. The molecule has 1 saturated heterocycles. The van der Waals surface area contributed by atoms with Gasteiger partial charge in [0.2, 0.25) is 11.8 Å². The van der Waals surface area contributed by atoms with Crippen molar-refractivity contribution >= 4 is 46.1 Å². The highest BCUT2D eigenvalue weighted by Crippen LogP contribution is 2.30. The summed E-state index contributed by atoms with van der Waals surface area (Å²) in [5.74, 6) is -0.0907. The number of anilines is 1. The molecule has 1 fully saturated rings. The fourth-order valence-corrected chi connectivity index (χ4v) is 4.79. The van der Waals surface area contributed by atoms with Crippen LogP contribution in [0, 0.1) is 0 Å². The van der Waals surface area contributed by atoms with Crippen molar-refractivity contribution in [1.82, 2.24) is 4.90 Å². The lowest BCUT2D eigenvalue weighted by molar-refractivity contribution is -0.129. The third-order valence-corrected chi connectivity index (χ3v) is 6.84. The van der Waals surface area contributed by atoms with Crippen LogP contribution in [0.5, 0.6) is 5.75 Å². The topological polar surface area (TPSA) is 97.3 Å². The van der Waals surface area contributed by atoms with Crippen molar-refractivity contribution in [2.45, 2.75) is 51.2 Å². The van der Waals surface area contributed by atoms with E-state index >= 15 is 0 Å². The van der Waals surface area contributed by atoms with Gasteiger partial charge in [0.15, 0.2) is 5.17 Å². The maximum atomic E-state index is 13.0. The third kappa shape index (κ3) is 7.58. The maximum absolute atomic E-state index is 13.0. The maximum Gasteiger partial charge on any atom is 0.337 e. The number of aliphatic imine (C=N–C) groups is 1. The second-order valence-electron chi connectivity index (χ2n) is 8.30. The lowest BCUT2D eigenvalue weighted by Gasteiger charge is -2.30. The first-order valence-electron chi connectivity index (χ1n) is 12.2. The first-order chi connectivity index (χ1) is 17.4. The molecule has 192 valence electrons. The van der Waals surface area contributed by atoms with Crippen LogP contribution >= 0.6 is 11.8 Å². The molecule has 0 aromatic heterocycles. The number of hydrogen-bond donors (Lipinski definition) is 1. The van der Waals surface area contributed by atoms with E-state index in [1.54, 1.807) is 41.3 Å². The number of carbonyl (C=O) groups is 3. The number of benzene rings is 2. The molecule has 0 spiro atoms. The average molecular weight is 512 g/mol. The molecule has 0 unspecified atom stereocenters. The van der Waals surface area contributed by atoms with Crippen molar-refractivity contribution < 1.29 is 23.9 Å². The number of amides is 2. The van der Waals surface area contributed by atoms with Crippen molar-refractivity contribution in [2.24, 2.45) is 4.99 Å². The zero-order valence-corrected chi connectivity index (χ0v) is 21.8. The van der Waals surface area contributed by atoms with E-state index in [4.69, 9.17) is 9.47 Å². The second-order valence-corrected chi connectivity index (χ2v) is 9.47. The fraction of sp³-hybridized carbons (Fsp3) is 0.407. The molecule has 8 nitrogen and oxygen atoms in total. The molecule has 36 heavy (non-hydrogen) atoms. The molecule has 0 aliphatic carbocycles. The lowest BCUT2D eigenvalue weighted by atomic mass is 10.2. The van der Waals surface area contributed by atoms with E-state index < -0.39 is 11.2 Å². The smallest absolute Gasteiger partial charge is 0.337 e. The number of hydrogen-bond acceptors (Lipinski definition) is 7. The van der Waals surface area contributed by atoms with Crippen LogP contribution in [-0.4, -0.2) is 53.4 Å². The van der Waals surface area contributed by atoms with Crippen LogP contribution in [0.4, 0.5) is 11.4 Å². The van der Waals surface area contributed by atoms with Crippen molar-refractivity contribution in [3.8, 4) is 5.75 Å². The number of rotatable bonds is 11. The molecule has 2 amide bonds. The molecule has 1 atom stereocenters. The molecule has 0 radical (unpaired) electrons. The van der Waals surface area contributed by atoms with Gasteiger partial charge in [-0.2, -0.15) is 0 Å². The Morgan fingerprint density at radius 1 is 1.06 bits per heavy atom. The molecule has 1 aliphatic rings. The van der Waals surface area contributed by atoms with E-state index in [1.165, 1.54) is 31.7 Å². The van der Waals surface area contributed by atoms with Gasteiger partial charge >= 0.3 is 5.97 Å². The summed E-state index contributed by atoms with van der Waals surface area (Å²) < 4.78 is 10.5. The minimum absolute atomic E-state index is 0.0869. The van der Waals surface area contributed by atoms with Crippen LogP contribution < -0.4 is 10.1 Å². The zero-order chi connectivity index (χ0) is 25.9. The van der Waals surface area contributed by atoms with Gasteiger partial charge in [0, 0.05) is 18.7 Å². The Labute approximate surface area is 216 Å². The quantitative estimate of drug-likeness (QED) is 0.320. The van der Waals surface area contributed by atoms with Crippen molar-refractivity contribution in [3.63, 3.8) is 0 Å². The summed E-state index contributed by atoms with van der Waals surface area (Å²) in [6.07, 6.45) is 4.66. The largest absolute Gasteiger partial charge is 0.494 e. The lowest BCUT2D eigenvalue weighted by Crippen LogP contribution is -2.45. The summed E-state index contributed by atoms with van der Waals surface area (Å²) in [7, 11) is 1.32. The van der Waals surface area contributed by atoms with Gasteiger partial charge in [-0.25, -0.2) is 9.79 Å². The molecule has 1 heterocycles. The molecule has 1 aliphatic heterocycles. The number of thioether (sulfide) groups is 1. The van der Waals surface area contributed by atoms with E-state index in [0.29, 0.717) is 35.3 Å². The van der Waals surface area contributed by atoms with Crippen LogP contribution in [0.3, 0.4) is 0 Å². The number of unbranched alkanes of at least 4 members (excludes halogenated alkanes) is 3. The molecular formula is C27H33N3O5S. The van der Waals surface area contributed by atoms with Crippen molar-refractivity contribution in [2.75, 3.05) is 25.6 Å². The predicted octanol–water partition coefficient (Wildman–Crippen LogP) is 5.41. The average Bonchev–Trinajstić information content (AvgIpc) is 2.89.